The summed E-state index contributed by atoms with van der Waals surface area (Å²) < 4.78 is 24.5. The first-order chi connectivity index (χ1) is 14.8. The highest BCUT2D eigenvalue weighted by molar-refractivity contribution is 7.91. The summed E-state index contributed by atoms with van der Waals surface area (Å²) in [4.78, 5) is 15.0. The first-order valence-electron chi connectivity index (χ1n) is 10.7. The zero-order chi connectivity index (χ0) is 21.8. The SMILES string of the molecule is CN(C)CC1COc2c(S(N)(=O)=NC(=O)Nc3c4c(cc5c3CCC5)CCC4)cnn21. The molecule has 5 rings (SSSR count). The third-order valence-corrected chi connectivity index (χ3v) is 7.64. The smallest absolute Gasteiger partial charge is 0.354 e. The number of urea groups is 1. The van der Waals surface area contributed by atoms with Crippen LogP contribution in [0.25, 0.3) is 0 Å². The van der Waals surface area contributed by atoms with Crippen LogP contribution in [0.3, 0.4) is 0 Å². The van der Waals surface area contributed by atoms with E-state index in [1.165, 1.54) is 28.5 Å². The number of hydrogen-bond acceptors (Lipinski definition) is 5. The summed E-state index contributed by atoms with van der Waals surface area (Å²) in [5.41, 5.74) is 5.84. The molecule has 1 aromatic carbocycles. The van der Waals surface area contributed by atoms with E-state index in [2.05, 4.69) is 20.8 Å². The van der Waals surface area contributed by atoms with Gasteiger partial charge in [0.05, 0.1) is 6.20 Å². The normalized spacial score (nSPS) is 20.7. The Morgan fingerprint density at radius 2 is 1.97 bits per heavy atom. The number of benzene rings is 1. The molecule has 31 heavy (non-hydrogen) atoms. The predicted octanol–water partition coefficient (Wildman–Crippen LogP) is 2.29. The van der Waals surface area contributed by atoms with Crippen LogP contribution in [0.2, 0.25) is 0 Å². The van der Waals surface area contributed by atoms with Gasteiger partial charge in [-0.25, -0.2) is 18.8 Å². The molecule has 0 radical (unpaired) electrons. The number of nitrogens with one attached hydrogen (secondary N) is 1. The van der Waals surface area contributed by atoms with Crippen molar-refractivity contribution in [3.63, 3.8) is 0 Å². The Morgan fingerprint density at radius 3 is 2.61 bits per heavy atom. The van der Waals surface area contributed by atoms with Crippen molar-refractivity contribution in [3.8, 4) is 5.88 Å². The Balaban J connectivity index is 1.44. The molecule has 2 aliphatic carbocycles. The molecule has 0 saturated heterocycles. The number of rotatable bonds is 4. The van der Waals surface area contributed by atoms with Crippen LogP contribution < -0.4 is 15.2 Å². The fraction of sp³-hybridized carbons (Fsp3) is 0.524. The van der Waals surface area contributed by atoms with Gasteiger partial charge in [-0.3, -0.25) is 0 Å². The van der Waals surface area contributed by atoms with E-state index in [0.29, 0.717) is 12.5 Å². The molecule has 1 aliphatic heterocycles. The Labute approximate surface area is 182 Å². The molecule has 0 fully saturated rings. The number of aromatic nitrogens is 2. The zero-order valence-electron chi connectivity index (χ0n) is 17.9. The van der Waals surface area contributed by atoms with Gasteiger partial charge in [-0.05, 0) is 74.9 Å². The molecule has 2 unspecified atom stereocenters. The van der Waals surface area contributed by atoms with Crippen LogP contribution in [-0.2, 0) is 35.6 Å². The number of fused-ring (bicyclic) bond motifs is 3. The van der Waals surface area contributed by atoms with Crippen molar-refractivity contribution in [1.82, 2.24) is 14.7 Å². The fourth-order valence-corrected chi connectivity index (χ4v) is 5.99. The molecule has 0 spiro atoms. The summed E-state index contributed by atoms with van der Waals surface area (Å²) in [6, 6.07) is 1.60. The highest BCUT2D eigenvalue weighted by Crippen LogP contribution is 2.39. The molecule has 3 N–H and O–H groups in total. The number of nitrogens with zero attached hydrogens (tertiary/aromatic N) is 4. The summed E-state index contributed by atoms with van der Waals surface area (Å²) in [6.07, 6.45) is 7.50. The minimum Gasteiger partial charge on any atom is -0.475 e. The summed E-state index contributed by atoms with van der Waals surface area (Å²) >= 11 is 0. The van der Waals surface area contributed by atoms with Crippen molar-refractivity contribution < 1.29 is 13.7 Å². The highest BCUT2D eigenvalue weighted by Gasteiger charge is 2.32. The van der Waals surface area contributed by atoms with E-state index in [4.69, 9.17) is 9.88 Å². The van der Waals surface area contributed by atoms with E-state index in [1.807, 2.05) is 19.0 Å². The fourth-order valence-electron chi connectivity index (χ4n) is 5.00. The van der Waals surface area contributed by atoms with Gasteiger partial charge in [-0.2, -0.15) is 5.10 Å². The molecular formula is C21H28N6O3S. The maximum absolute atomic E-state index is 13.2. The van der Waals surface area contributed by atoms with E-state index in [-0.39, 0.29) is 10.9 Å². The van der Waals surface area contributed by atoms with Crippen LogP contribution in [0.1, 0.15) is 41.1 Å². The Bertz CT molecular complexity index is 1150. The average molecular weight is 445 g/mol. The predicted molar refractivity (Wildman–Crippen MR) is 118 cm³/mol. The molecule has 2 amide bonds. The summed E-state index contributed by atoms with van der Waals surface area (Å²) in [5.74, 6) is 0.331. The van der Waals surface area contributed by atoms with Crippen LogP contribution in [0, 0.1) is 0 Å². The monoisotopic (exact) mass is 444 g/mol. The number of carbonyl (C=O) groups is 1. The molecule has 2 heterocycles. The topological polar surface area (TPSA) is 115 Å². The van der Waals surface area contributed by atoms with E-state index >= 15 is 0 Å². The second kappa shape index (κ2) is 7.61. The Hall–Kier alpha value is -2.43. The molecular weight excluding hydrogens is 416 g/mol. The standard InChI is InChI=1S/C21H28N6O3S/c1-26(2)11-15-12-30-20-18(10-23-27(15)20)31(22,29)25-21(28)24-19-16-7-3-5-13(16)9-14-6-4-8-17(14)19/h9-10,15H,3-8,11-12H2,1-2H3,(H3,22,24,25,28,29). The third kappa shape index (κ3) is 3.62. The van der Waals surface area contributed by atoms with Gasteiger partial charge in [-0.15, -0.1) is 4.36 Å². The minimum absolute atomic E-state index is 0.00253. The van der Waals surface area contributed by atoms with Gasteiger partial charge in [-0.1, -0.05) is 6.07 Å². The van der Waals surface area contributed by atoms with Crippen LogP contribution in [0.5, 0.6) is 5.88 Å². The van der Waals surface area contributed by atoms with Crippen molar-refractivity contribution in [2.75, 3.05) is 32.6 Å². The Kier molecular flexibility index (Phi) is 5.03. The number of anilines is 1. The second-order valence-electron chi connectivity index (χ2n) is 8.81. The minimum atomic E-state index is -3.50. The average Bonchev–Trinajstić information content (AvgIpc) is 3.45. The molecule has 3 aliphatic rings. The maximum atomic E-state index is 13.2. The van der Waals surface area contributed by atoms with Gasteiger partial charge in [0.2, 0.25) is 5.88 Å². The van der Waals surface area contributed by atoms with Gasteiger partial charge >= 0.3 is 6.03 Å². The second-order valence-corrected chi connectivity index (χ2v) is 10.6. The van der Waals surface area contributed by atoms with Crippen molar-refractivity contribution in [1.29, 1.82) is 0 Å². The van der Waals surface area contributed by atoms with Crippen molar-refractivity contribution in [2.24, 2.45) is 9.50 Å². The van der Waals surface area contributed by atoms with Crippen LogP contribution in [-0.4, -0.2) is 52.2 Å². The lowest BCUT2D eigenvalue weighted by Gasteiger charge is -2.15. The third-order valence-electron chi connectivity index (χ3n) is 6.29. The van der Waals surface area contributed by atoms with Crippen molar-refractivity contribution in [3.05, 3.63) is 34.5 Å². The number of ether oxygens (including phenoxy) is 1. The molecule has 9 nitrogen and oxygen atoms in total. The first kappa shape index (κ1) is 20.5. The van der Waals surface area contributed by atoms with Gasteiger partial charge < -0.3 is 15.0 Å². The Morgan fingerprint density at radius 1 is 1.29 bits per heavy atom. The molecule has 2 aromatic rings. The van der Waals surface area contributed by atoms with Crippen LogP contribution >= 0.6 is 0 Å². The number of carbonyl (C=O) groups excluding carboxylic acids is 1. The number of hydrogen-bond donors (Lipinski definition) is 2. The molecule has 166 valence electrons. The lowest BCUT2D eigenvalue weighted by Crippen LogP contribution is -2.24. The van der Waals surface area contributed by atoms with E-state index in [9.17, 15) is 9.00 Å². The molecule has 2 atom stereocenters. The number of amides is 2. The largest absolute Gasteiger partial charge is 0.475 e. The lowest BCUT2D eigenvalue weighted by molar-refractivity contribution is 0.260. The molecule has 1 aromatic heterocycles. The quantitative estimate of drug-likeness (QED) is 0.751. The number of aryl methyl sites for hydroxylation is 2. The van der Waals surface area contributed by atoms with Gasteiger partial charge in [0.15, 0.2) is 9.92 Å². The molecule has 0 bridgehead atoms. The van der Waals surface area contributed by atoms with Crippen molar-refractivity contribution >= 4 is 21.6 Å². The van der Waals surface area contributed by atoms with Gasteiger partial charge in [0.25, 0.3) is 0 Å². The lowest BCUT2D eigenvalue weighted by atomic mass is 9.99. The van der Waals surface area contributed by atoms with Crippen LogP contribution in [0.4, 0.5) is 10.5 Å². The van der Waals surface area contributed by atoms with Crippen molar-refractivity contribution in [2.45, 2.75) is 49.5 Å². The zero-order valence-corrected chi connectivity index (χ0v) is 18.7. The van der Waals surface area contributed by atoms with Gasteiger partial charge in [0.1, 0.15) is 17.5 Å². The highest BCUT2D eigenvalue weighted by atomic mass is 32.2. The summed E-state index contributed by atoms with van der Waals surface area (Å²) in [5, 5.41) is 13.3. The number of nitrogens with two attached hydrogens (primary N) is 1. The number of likely N-dealkylation sites (N-methyl/N-ethyl adjacent to an activating group) is 1. The first-order valence-corrected chi connectivity index (χ1v) is 12.3. The van der Waals surface area contributed by atoms with E-state index in [0.717, 1.165) is 50.8 Å². The summed E-state index contributed by atoms with van der Waals surface area (Å²) in [7, 11) is 0.427. The van der Waals surface area contributed by atoms with E-state index in [1.54, 1.807) is 4.68 Å². The summed E-state index contributed by atoms with van der Waals surface area (Å²) in [6.45, 7) is 1.14. The molecule has 10 heteroatoms. The van der Waals surface area contributed by atoms with Crippen LogP contribution in [0.15, 0.2) is 21.5 Å². The van der Waals surface area contributed by atoms with E-state index < -0.39 is 15.9 Å². The maximum Gasteiger partial charge on any atom is 0.354 e. The van der Waals surface area contributed by atoms with Gasteiger partial charge in [0, 0.05) is 12.2 Å². The molecule has 0 saturated carbocycles.